The molecule has 0 atom stereocenters. The minimum atomic E-state index is -0.577. The van der Waals surface area contributed by atoms with Crippen LogP contribution in [0.15, 0.2) is 47.5 Å². The van der Waals surface area contributed by atoms with Gasteiger partial charge in [-0.1, -0.05) is 19.4 Å². The number of aliphatic imine (C=N–C) groups is 1. The van der Waals surface area contributed by atoms with Crippen molar-refractivity contribution in [1.29, 1.82) is 5.26 Å². The summed E-state index contributed by atoms with van der Waals surface area (Å²) in [5.41, 5.74) is 12.5. The smallest absolute Gasteiger partial charge is 0.341 e. The van der Waals surface area contributed by atoms with Gasteiger partial charge in [-0.05, 0) is 43.7 Å². The lowest BCUT2D eigenvalue weighted by atomic mass is 10.1. The van der Waals surface area contributed by atoms with E-state index in [4.69, 9.17) is 25.7 Å². The number of hydrogen-bond donors (Lipinski definition) is 3. The molecule has 0 fully saturated rings. The van der Waals surface area contributed by atoms with Crippen LogP contribution in [0.25, 0.3) is 11.2 Å². The zero-order chi connectivity index (χ0) is 26.4. The Kier molecular flexibility index (Phi) is 7.44. The molecule has 0 radical (unpaired) electrons. The molecule has 0 saturated carbocycles. The Labute approximate surface area is 211 Å². The number of nitrogens with two attached hydrogens (primary N) is 2. The van der Waals surface area contributed by atoms with Gasteiger partial charge in [0.15, 0.2) is 11.6 Å². The fraction of sp³-hybridized carbons (Fsp3) is 0.200. The molecule has 2 aromatic heterocycles. The SMILES string of the molecule is CCCCOC(=O)c1ccc(C#N)cc1Oc1nc(Oc2cccc(N=C(N)N)c2)nc2nc(C)[nH]c12. The first-order valence-corrected chi connectivity index (χ1v) is 11.4. The summed E-state index contributed by atoms with van der Waals surface area (Å²) in [7, 11) is 0. The predicted octanol–water partition coefficient (Wildman–Crippen LogP) is 3.98. The second-order valence-electron chi connectivity index (χ2n) is 7.88. The van der Waals surface area contributed by atoms with Crippen LogP contribution in [0.5, 0.6) is 23.4 Å². The van der Waals surface area contributed by atoms with Crippen molar-refractivity contribution in [3.63, 3.8) is 0 Å². The molecule has 0 spiro atoms. The van der Waals surface area contributed by atoms with Gasteiger partial charge in [0.2, 0.25) is 0 Å². The van der Waals surface area contributed by atoms with Crippen molar-refractivity contribution in [3.05, 3.63) is 59.4 Å². The Balaban J connectivity index is 1.72. The number of H-pyrrole nitrogens is 1. The minimum absolute atomic E-state index is 0.0404. The van der Waals surface area contributed by atoms with Crippen molar-refractivity contribution >= 4 is 28.8 Å². The van der Waals surface area contributed by atoms with Crippen LogP contribution in [0, 0.1) is 18.3 Å². The van der Waals surface area contributed by atoms with E-state index < -0.39 is 5.97 Å². The molecule has 188 valence electrons. The maximum Gasteiger partial charge on any atom is 0.341 e. The Morgan fingerprint density at radius 2 is 1.97 bits per heavy atom. The van der Waals surface area contributed by atoms with Gasteiger partial charge in [0.05, 0.1) is 23.9 Å². The molecule has 0 bridgehead atoms. The molecule has 0 amide bonds. The number of aromatic nitrogens is 4. The quantitative estimate of drug-likeness (QED) is 0.131. The van der Waals surface area contributed by atoms with Crippen molar-refractivity contribution in [1.82, 2.24) is 19.9 Å². The van der Waals surface area contributed by atoms with Crippen molar-refractivity contribution in [2.45, 2.75) is 26.7 Å². The summed E-state index contributed by atoms with van der Waals surface area (Å²) in [6.07, 6.45) is 1.60. The summed E-state index contributed by atoms with van der Waals surface area (Å²) in [6.45, 7) is 4.01. The average Bonchev–Trinajstić information content (AvgIpc) is 3.24. The van der Waals surface area contributed by atoms with E-state index in [1.807, 2.05) is 13.0 Å². The molecular formula is C25H24N8O4. The number of carbonyl (C=O) groups is 1. The van der Waals surface area contributed by atoms with Gasteiger partial charge in [-0.2, -0.15) is 15.2 Å². The van der Waals surface area contributed by atoms with E-state index in [-0.39, 0.29) is 41.4 Å². The maximum atomic E-state index is 12.7. The monoisotopic (exact) mass is 500 g/mol. The lowest BCUT2D eigenvalue weighted by molar-refractivity contribution is 0.0497. The van der Waals surface area contributed by atoms with Crippen LogP contribution < -0.4 is 20.9 Å². The topological polar surface area (TPSA) is 187 Å². The number of guanidine groups is 1. The molecule has 4 aromatic rings. The number of aryl methyl sites for hydroxylation is 1. The van der Waals surface area contributed by atoms with Gasteiger partial charge >= 0.3 is 12.0 Å². The molecule has 0 aliphatic carbocycles. The maximum absolute atomic E-state index is 12.7. The molecule has 0 saturated heterocycles. The zero-order valence-electron chi connectivity index (χ0n) is 20.2. The van der Waals surface area contributed by atoms with E-state index in [0.717, 1.165) is 12.8 Å². The lowest BCUT2D eigenvalue weighted by Crippen LogP contribution is -2.21. The van der Waals surface area contributed by atoms with Crippen molar-refractivity contribution in [2.75, 3.05) is 6.61 Å². The van der Waals surface area contributed by atoms with Gasteiger partial charge in [0, 0.05) is 6.07 Å². The summed E-state index contributed by atoms with van der Waals surface area (Å²) in [4.78, 5) is 32.8. The highest BCUT2D eigenvalue weighted by molar-refractivity contribution is 5.93. The van der Waals surface area contributed by atoms with Crippen LogP contribution in [-0.4, -0.2) is 38.5 Å². The van der Waals surface area contributed by atoms with Crippen LogP contribution in [0.3, 0.4) is 0 Å². The first-order valence-electron chi connectivity index (χ1n) is 11.4. The second kappa shape index (κ2) is 11.0. The van der Waals surface area contributed by atoms with E-state index in [2.05, 4.69) is 24.9 Å². The molecule has 2 heterocycles. The molecule has 0 unspecified atom stereocenters. The molecule has 12 nitrogen and oxygen atoms in total. The molecule has 4 rings (SSSR count). The van der Waals surface area contributed by atoms with Crippen LogP contribution in [0.2, 0.25) is 0 Å². The number of ether oxygens (including phenoxy) is 3. The van der Waals surface area contributed by atoms with Gasteiger partial charge in [0.25, 0.3) is 5.88 Å². The molecular weight excluding hydrogens is 476 g/mol. The van der Waals surface area contributed by atoms with Crippen molar-refractivity contribution in [2.24, 2.45) is 16.5 Å². The molecule has 37 heavy (non-hydrogen) atoms. The predicted molar refractivity (Wildman–Crippen MR) is 135 cm³/mol. The highest BCUT2D eigenvalue weighted by atomic mass is 16.5. The third-order valence-corrected chi connectivity index (χ3v) is 4.97. The molecule has 2 aromatic carbocycles. The Hall–Kier alpha value is -5.18. The summed E-state index contributed by atoms with van der Waals surface area (Å²) in [5.74, 6) is 0.387. The van der Waals surface area contributed by atoms with Crippen molar-refractivity contribution in [3.8, 4) is 29.5 Å². The standard InChI is InChI=1S/C25H24N8O4/c1-3-4-10-35-23(34)18-9-8-15(13-26)11-19(18)37-22-20-21(30-14(2)29-20)32-25(33-22)36-17-7-5-6-16(12-17)31-24(27)28/h5-9,11-12H,3-4,10H2,1-2H3,(H4,27,28,31)(H,29,30,32,33). The van der Waals surface area contributed by atoms with E-state index in [9.17, 15) is 10.1 Å². The summed E-state index contributed by atoms with van der Waals surface area (Å²) in [5, 5.41) is 9.38. The van der Waals surface area contributed by atoms with Crippen LogP contribution in [-0.2, 0) is 4.74 Å². The van der Waals surface area contributed by atoms with Crippen molar-refractivity contribution < 1.29 is 19.0 Å². The van der Waals surface area contributed by atoms with Gasteiger partial charge in [-0.15, -0.1) is 0 Å². The van der Waals surface area contributed by atoms with Gasteiger partial charge < -0.3 is 30.7 Å². The number of aromatic amines is 1. The summed E-state index contributed by atoms with van der Waals surface area (Å²) < 4.78 is 17.2. The van der Waals surface area contributed by atoms with Crippen LogP contribution >= 0.6 is 0 Å². The first-order chi connectivity index (χ1) is 17.9. The largest absolute Gasteiger partial charge is 0.462 e. The minimum Gasteiger partial charge on any atom is -0.462 e. The number of esters is 1. The average molecular weight is 501 g/mol. The third-order valence-electron chi connectivity index (χ3n) is 4.97. The number of nitrogens with zero attached hydrogens (tertiary/aromatic N) is 5. The molecule has 5 N–H and O–H groups in total. The number of unbranched alkanes of at least 4 members (excludes halogenated alkanes) is 1. The Morgan fingerprint density at radius 1 is 1.14 bits per heavy atom. The number of benzene rings is 2. The second-order valence-corrected chi connectivity index (χ2v) is 7.88. The molecule has 12 heteroatoms. The van der Waals surface area contributed by atoms with Gasteiger partial charge in [-0.25, -0.2) is 14.8 Å². The third kappa shape index (κ3) is 6.09. The van der Waals surface area contributed by atoms with Gasteiger partial charge in [0.1, 0.15) is 28.4 Å². The normalized spacial score (nSPS) is 10.5. The lowest BCUT2D eigenvalue weighted by Gasteiger charge is -2.12. The highest BCUT2D eigenvalue weighted by Crippen LogP contribution is 2.33. The number of rotatable bonds is 9. The first kappa shape index (κ1) is 24.9. The summed E-state index contributed by atoms with van der Waals surface area (Å²) >= 11 is 0. The number of imidazole rings is 1. The number of nitriles is 1. The van der Waals surface area contributed by atoms with E-state index >= 15 is 0 Å². The molecule has 0 aliphatic rings. The zero-order valence-corrected chi connectivity index (χ0v) is 20.2. The molecule has 0 aliphatic heterocycles. The Bertz CT molecular complexity index is 1520. The number of fused-ring (bicyclic) bond motifs is 1. The number of hydrogen-bond acceptors (Lipinski definition) is 9. The van der Waals surface area contributed by atoms with Crippen LogP contribution in [0.1, 0.15) is 41.5 Å². The van der Waals surface area contributed by atoms with E-state index in [0.29, 0.717) is 28.3 Å². The number of nitrogens with one attached hydrogen (secondary N) is 1. The fourth-order valence-corrected chi connectivity index (χ4v) is 3.29. The highest BCUT2D eigenvalue weighted by Gasteiger charge is 2.20. The Morgan fingerprint density at radius 3 is 2.73 bits per heavy atom. The fourth-order valence-electron chi connectivity index (χ4n) is 3.29. The van der Waals surface area contributed by atoms with E-state index in [1.165, 1.54) is 18.2 Å². The van der Waals surface area contributed by atoms with Gasteiger partial charge in [-0.3, -0.25) is 0 Å². The summed E-state index contributed by atoms with van der Waals surface area (Å²) in [6, 6.07) is 13.1. The van der Waals surface area contributed by atoms with Crippen LogP contribution in [0.4, 0.5) is 5.69 Å². The number of carbonyl (C=O) groups excluding carboxylic acids is 1. The van der Waals surface area contributed by atoms with E-state index in [1.54, 1.807) is 31.2 Å².